The topological polar surface area (TPSA) is 95.4 Å². The number of nitrogens with zero attached hydrogens (tertiary/aromatic N) is 7. The molecular formula is C58H49IrN7OSi-2. The monoisotopic (exact) mass is 1080 g/mol. The molecule has 7 heterocycles. The zero-order valence-corrected chi connectivity index (χ0v) is 42.7. The van der Waals surface area contributed by atoms with Gasteiger partial charge in [-0.1, -0.05) is 105 Å². The molecule has 0 aliphatic carbocycles. The van der Waals surface area contributed by atoms with Crippen LogP contribution in [0.25, 0.3) is 94.9 Å². The number of hydrogen-bond acceptors (Lipinski definition) is 7. The van der Waals surface area contributed by atoms with Crippen molar-refractivity contribution in [2.75, 3.05) is 0 Å². The van der Waals surface area contributed by atoms with E-state index >= 15 is 0 Å². The molecule has 7 aromatic heterocycles. The number of hydrogen-bond donors (Lipinski definition) is 0. The quantitative estimate of drug-likeness (QED) is 0.116. The number of para-hydroxylation sites is 1. The summed E-state index contributed by atoms with van der Waals surface area (Å²) in [7, 11) is -1.51. The summed E-state index contributed by atoms with van der Waals surface area (Å²) in [6.07, 6.45) is 5.59. The smallest absolute Gasteiger partial charge is 0.215 e. The van der Waals surface area contributed by atoms with Crippen LogP contribution in [0.15, 0.2) is 156 Å². The van der Waals surface area contributed by atoms with E-state index in [0.29, 0.717) is 17.1 Å². The standard InChI is InChI=1S/C37H26N5O.C21H23N2Si.Ir/c1-22-21-23(2)40-37-31(22)32-35(43-37)29(17-19-39-32)36-41-30-18-20-38-24(3)33(30)42(36)34-27(25-11-6-4-7-12-25)15-10-16-28(34)26-13-8-5-9-14-26;1-15-11-18(12-16(2)23-15)19-13-20(17-9-7-6-8-10-17)22-14-21(19)24(3,4)5;/h4-16,18-21H,1-3H3;6-9,11-14H,1-5H3;/q2*-1;. The Labute approximate surface area is 411 Å². The molecule has 0 spiro atoms. The number of aryl methyl sites for hydroxylation is 5. The van der Waals surface area contributed by atoms with Crippen LogP contribution in [0.4, 0.5) is 0 Å². The molecule has 0 saturated heterocycles. The number of aromatic nitrogens is 7. The SMILES string of the molecule is Cc1cc(-c2cc(-c3[c-]cccc3)ncc2[Si](C)(C)C)cc(C)n1.Cc1cc(C)c2c(n1)oc1c(-c3nc4ccnc(C)c4n3-c3c(-c4ccccc4)cccc3-c3ccccc3)[c-]cnc12.[Ir]. The fourth-order valence-electron chi connectivity index (χ4n) is 9.14. The minimum atomic E-state index is -1.51. The fourth-order valence-corrected chi connectivity index (χ4v) is 10.6. The Balaban J connectivity index is 0.000000197. The van der Waals surface area contributed by atoms with Gasteiger partial charge < -0.3 is 14.0 Å². The summed E-state index contributed by atoms with van der Waals surface area (Å²) in [5.74, 6) is 0.701. The summed E-state index contributed by atoms with van der Waals surface area (Å²) < 4.78 is 8.70. The van der Waals surface area contributed by atoms with Gasteiger partial charge in [0.2, 0.25) is 5.71 Å². The summed E-state index contributed by atoms with van der Waals surface area (Å²) in [6.45, 7) is 17.3. The molecule has 1 radical (unpaired) electrons. The van der Waals surface area contributed by atoms with Gasteiger partial charge >= 0.3 is 0 Å². The van der Waals surface area contributed by atoms with E-state index in [2.05, 4.69) is 165 Å². The summed E-state index contributed by atoms with van der Waals surface area (Å²) in [6, 6.07) is 52.6. The molecule has 0 N–H and O–H groups in total. The van der Waals surface area contributed by atoms with Gasteiger partial charge in [0.15, 0.2) is 0 Å². The molecule has 10 heteroatoms. The van der Waals surface area contributed by atoms with Crippen molar-refractivity contribution in [3.05, 3.63) is 193 Å². The van der Waals surface area contributed by atoms with Crippen molar-refractivity contribution in [3.63, 3.8) is 0 Å². The van der Waals surface area contributed by atoms with E-state index in [1.54, 1.807) is 6.20 Å². The van der Waals surface area contributed by atoms with Crippen LogP contribution in [-0.4, -0.2) is 42.5 Å². The maximum Gasteiger partial charge on any atom is 0.215 e. The first-order valence-electron chi connectivity index (χ1n) is 22.5. The average Bonchev–Trinajstić information content (AvgIpc) is 3.91. The largest absolute Gasteiger partial charge is 0.499 e. The molecule has 68 heavy (non-hydrogen) atoms. The molecule has 0 fully saturated rings. The van der Waals surface area contributed by atoms with Gasteiger partial charge in [-0.2, -0.15) is 0 Å². The van der Waals surface area contributed by atoms with Crippen LogP contribution < -0.4 is 5.19 Å². The van der Waals surface area contributed by atoms with Crippen molar-refractivity contribution < 1.29 is 24.5 Å². The minimum Gasteiger partial charge on any atom is -0.499 e. The molecular weight excluding hydrogens is 1030 g/mol. The predicted octanol–water partition coefficient (Wildman–Crippen LogP) is 13.6. The molecule has 0 amide bonds. The second-order valence-electron chi connectivity index (χ2n) is 18.1. The third kappa shape index (κ3) is 8.74. The summed E-state index contributed by atoms with van der Waals surface area (Å²) in [4.78, 5) is 28.6. The molecule has 8 nitrogen and oxygen atoms in total. The van der Waals surface area contributed by atoms with Crippen molar-refractivity contribution in [3.8, 4) is 61.7 Å². The van der Waals surface area contributed by atoms with Crippen LogP contribution in [0.2, 0.25) is 19.6 Å². The van der Waals surface area contributed by atoms with Gasteiger partial charge in [0.05, 0.1) is 47.0 Å². The molecule has 0 aliphatic heterocycles. The van der Waals surface area contributed by atoms with E-state index in [0.717, 1.165) is 95.0 Å². The number of pyridine rings is 5. The summed E-state index contributed by atoms with van der Waals surface area (Å²) in [5, 5.41) is 2.29. The van der Waals surface area contributed by atoms with Gasteiger partial charge in [0, 0.05) is 66.5 Å². The summed E-state index contributed by atoms with van der Waals surface area (Å²) in [5.41, 5.74) is 19.2. The van der Waals surface area contributed by atoms with Gasteiger partial charge in [-0.25, -0.2) is 4.98 Å². The number of rotatable bonds is 7. The molecule has 0 aliphatic rings. The van der Waals surface area contributed by atoms with Gasteiger partial charge in [0.25, 0.3) is 0 Å². The number of furan rings is 1. The molecule has 11 rings (SSSR count). The zero-order valence-electron chi connectivity index (χ0n) is 39.3. The first-order valence-corrected chi connectivity index (χ1v) is 26.0. The van der Waals surface area contributed by atoms with Crippen molar-refractivity contribution in [2.45, 2.75) is 54.3 Å². The maximum atomic E-state index is 6.47. The third-order valence-corrected chi connectivity index (χ3v) is 14.1. The van der Waals surface area contributed by atoms with Crippen LogP contribution in [0.5, 0.6) is 0 Å². The Kier molecular flexibility index (Phi) is 12.7. The third-order valence-electron chi connectivity index (χ3n) is 12.1. The number of fused-ring (bicyclic) bond motifs is 4. The minimum absolute atomic E-state index is 0. The predicted molar refractivity (Wildman–Crippen MR) is 275 cm³/mol. The molecule has 4 aromatic carbocycles. The molecule has 11 aromatic rings. The summed E-state index contributed by atoms with van der Waals surface area (Å²) >= 11 is 0. The van der Waals surface area contributed by atoms with Crippen molar-refractivity contribution in [1.29, 1.82) is 0 Å². The van der Waals surface area contributed by atoms with Crippen LogP contribution in [0.3, 0.4) is 0 Å². The number of benzene rings is 4. The zero-order chi connectivity index (χ0) is 46.4. The van der Waals surface area contributed by atoms with Crippen molar-refractivity contribution in [2.24, 2.45) is 0 Å². The maximum absolute atomic E-state index is 6.47. The Morgan fingerprint density at radius 1 is 0.603 bits per heavy atom. The Hall–Kier alpha value is -7.23. The van der Waals surface area contributed by atoms with E-state index in [9.17, 15) is 0 Å². The Bertz CT molecular complexity index is 3540. The van der Waals surface area contributed by atoms with Gasteiger partial charge in [-0.05, 0) is 104 Å². The average molecular weight is 1080 g/mol. The van der Waals surface area contributed by atoms with E-state index in [-0.39, 0.29) is 20.1 Å². The van der Waals surface area contributed by atoms with Crippen LogP contribution in [0, 0.1) is 46.8 Å². The number of imidazole rings is 1. The molecule has 337 valence electrons. The first kappa shape index (κ1) is 45.9. The van der Waals surface area contributed by atoms with Crippen LogP contribution in [-0.2, 0) is 20.1 Å². The van der Waals surface area contributed by atoms with Gasteiger partial charge in [0.1, 0.15) is 0 Å². The molecule has 0 saturated carbocycles. The van der Waals surface area contributed by atoms with Gasteiger partial charge in [-0.15, -0.1) is 47.5 Å². The van der Waals surface area contributed by atoms with Crippen LogP contribution in [0.1, 0.15) is 28.3 Å². The second kappa shape index (κ2) is 18.8. The van der Waals surface area contributed by atoms with Gasteiger partial charge in [-0.3, -0.25) is 19.9 Å². The molecule has 0 unspecified atom stereocenters. The van der Waals surface area contributed by atoms with Crippen molar-refractivity contribution >= 4 is 46.5 Å². The van der Waals surface area contributed by atoms with E-state index < -0.39 is 8.07 Å². The first-order chi connectivity index (χ1) is 32.4. The second-order valence-corrected chi connectivity index (χ2v) is 23.1. The Morgan fingerprint density at radius 3 is 1.91 bits per heavy atom. The fraction of sp³-hybridized carbons (Fsp3) is 0.138. The van der Waals surface area contributed by atoms with Crippen LogP contribution >= 0.6 is 0 Å². The van der Waals surface area contributed by atoms with Crippen molar-refractivity contribution in [1.82, 2.24) is 34.5 Å². The van der Waals surface area contributed by atoms with E-state index in [4.69, 9.17) is 29.3 Å². The Morgan fingerprint density at radius 2 is 1.26 bits per heavy atom. The van der Waals surface area contributed by atoms with E-state index in [1.165, 1.54) is 16.3 Å². The normalized spacial score (nSPS) is 11.4. The molecule has 0 bridgehead atoms. The van der Waals surface area contributed by atoms with E-state index in [1.807, 2.05) is 56.4 Å². The molecule has 0 atom stereocenters.